The standard InChI is InChI=1S/C5H3N3O.C2H6/c9-4-6-5-1-2-7-8-3-5;1-2/h1-3H;1-2H3. The van der Waals surface area contributed by atoms with Crippen LogP contribution in [0.2, 0.25) is 0 Å². The van der Waals surface area contributed by atoms with Crippen molar-refractivity contribution < 1.29 is 4.79 Å². The second kappa shape index (κ2) is 6.58. The Morgan fingerprint density at radius 1 is 1.45 bits per heavy atom. The summed E-state index contributed by atoms with van der Waals surface area (Å²) < 4.78 is 0. The van der Waals surface area contributed by atoms with E-state index in [1.807, 2.05) is 13.8 Å². The molecule has 0 aromatic carbocycles. The van der Waals surface area contributed by atoms with Crippen molar-refractivity contribution in [3.05, 3.63) is 18.5 Å². The Morgan fingerprint density at radius 2 is 2.18 bits per heavy atom. The average molecular weight is 151 g/mol. The van der Waals surface area contributed by atoms with Crippen LogP contribution in [0.1, 0.15) is 13.8 Å². The predicted octanol–water partition coefficient (Wildman–Crippen LogP) is 1.47. The Balaban J connectivity index is 0.000000461. The lowest BCUT2D eigenvalue weighted by Gasteiger charge is -1.81. The van der Waals surface area contributed by atoms with Gasteiger partial charge in [0.15, 0.2) is 0 Å². The summed E-state index contributed by atoms with van der Waals surface area (Å²) in [6.45, 7) is 4.00. The van der Waals surface area contributed by atoms with Gasteiger partial charge in [0.2, 0.25) is 6.08 Å². The summed E-state index contributed by atoms with van der Waals surface area (Å²) in [7, 11) is 0. The van der Waals surface area contributed by atoms with Gasteiger partial charge >= 0.3 is 0 Å². The van der Waals surface area contributed by atoms with Gasteiger partial charge in [0, 0.05) is 0 Å². The molecule has 1 aromatic heterocycles. The van der Waals surface area contributed by atoms with E-state index < -0.39 is 0 Å². The summed E-state index contributed by atoms with van der Waals surface area (Å²) in [6, 6.07) is 1.57. The van der Waals surface area contributed by atoms with E-state index in [-0.39, 0.29) is 0 Å². The van der Waals surface area contributed by atoms with Crippen LogP contribution in [0.15, 0.2) is 23.5 Å². The maximum absolute atomic E-state index is 9.63. The van der Waals surface area contributed by atoms with Gasteiger partial charge in [0.1, 0.15) is 0 Å². The predicted molar refractivity (Wildman–Crippen MR) is 41.2 cm³/mol. The summed E-state index contributed by atoms with van der Waals surface area (Å²) in [5.41, 5.74) is 0.472. The van der Waals surface area contributed by atoms with E-state index in [1.165, 1.54) is 18.5 Å². The quantitative estimate of drug-likeness (QED) is 0.451. The molecule has 0 aliphatic heterocycles. The number of carbonyl (C=O) groups excluding carboxylic acids is 1. The SMILES string of the molecule is CC.O=C=Nc1ccnnc1. The number of aromatic nitrogens is 2. The summed E-state index contributed by atoms with van der Waals surface area (Å²) in [4.78, 5) is 12.9. The topological polar surface area (TPSA) is 55.2 Å². The van der Waals surface area contributed by atoms with Crippen LogP contribution in [0.5, 0.6) is 0 Å². The third-order valence-electron chi connectivity index (χ3n) is 0.743. The monoisotopic (exact) mass is 151 g/mol. The number of rotatable bonds is 1. The summed E-state index contributed by atoms with van der Waals surface area (Å²) in [5.74, 6) is 0. The molecule has 0 fully saturated rings. The first-order valence-corrected chi connectivity index (χ1v) is 3.28. The molecule has 0 bridgehead atoms. The molecule has 0 unspecified atom stereocenters. The Hall–Kier alpha value is -1.54. The maximum Gasteiger partial charge on any atom is 0.240 e. The van der Waals surface area contributed by atoms with Crippen LogP contribution in [0, 0.1) is 0 Å². The van der Waals surface area contributed by atoms with Gasteiger partial charge in [-0.1, -0.05) is 13.8 Å². The molecular formula is C7H9N3O. The van der Waals surface area contributed by atoms with Crippen molar-refractivity contribution in [3.63, 3.8) is 0 Å². The van der Waals surface area contributed by atoms with Crippen molar-refractivity contribution in [3.8, 4) is 0 Å². The van der Waals surface area contributed by atoms with Gasteiger partial charge in [-0.3, -0.25) is 0 Å². The Bertz CT molecular complexity index is 229. The molecule has 0 saturated carbocycles. The van der Waals surface area contributed by atoms with E-state index >= 15 is 0 Å². The number of isocyanates is 1. The van der Waals surface area contributed by atoms with Crippen LogP contribution in [0.3, 0.4) is 0 Å². The van der Waals surface area contributed by atoms with E-state index in [9.17, 15) is 4.79 Å². The molecule has 0 spiro atoms. The molecule has 0 aliphatic carbocycles. The third-order valence-corrected chi connectivity index (χ3v) is 0.743. The van der Waals surface area contributed by atoms with Gasteiger partial charge in [-0.05, 0) is 6.07 Å². The average Bonchev–Trinajstić information content (AvgIpc) is 2.11. The number of aliphatic imine (C=N–C) groups is 1. The zero-order chi connectivity index (χ0) is 8.53. The van der Waals surface area contributed by atoms with Gasteiger partial charge in [-0.15, -0.1) is 0 Å². The first-order chi connectivity index (χ1) is 5.43. The van der Waals surface area contributed by atoms with Gasteiger partial charge in [0.05, 0.1) is 18.1 Å². The normalized spacial score (nSPS) is 7.09. The van der Waals surface area contributed by atoms with Crippen molar-refractivity contribution in [2.45, 2.75) is 13.8 Å². The molecule has 11 heavy (non-hydrogen) atoms. The van der Waals surface area contributed by atoms with Gasteiger partial charge in [0.25, 0.3) is 0 Å². The lowest BCUT2D eigenvalue weighted by molar-refractivity contribution is 0.565. The van der Waals surface area contributed by atoms with Crippen LogP contribution >= 0.6 is 0 Å². The summed E-state index contributed by atoms with van der Waals surface area (Å²) in [5, 5.41) is 6.97. The molecule has 4 heteroatoms. The molecule has 0 atom stereocenters. The highest BCUT2D eigenvalue weighted by molar-refractivity contribution is 5.46. The van der Waals surface area contributed by atoms with Gasteiger partial charge in [-0.25, -0.2) is 4.79 Å². The highest BCUT2D eigenvalue weighted by atomic mass is 16.1. The van der Waals surface area contributed by atoms with Gasteiger partial charge in [-0.2, -0.15) is 15.2 Å². The maximum atomic E-state index is 9.63. The largest absolute Gasteiger partial charge is 0.240 e. The molecule has 0 N–H and O–H groups in total. The van der Waals surface area contributed by atoms with Crippen molar-refractivity contribution in [1.82, 2.24) is 10.2 Å². The van der Waals surface area contributed by atoms with Crippen LogP contribution in [-0.4, -0.2) is 16.3 Å². The van der Waals surface area contributed by atoms with Crippen molar-refractivity contribution >= 4 is 11.8 Å². The minimum Gasteiger partial charge on any atom is -0.211 e. The minimum absolute atomic E-state index is 0.472. The van der Waals surface area contributed by atoms with Crippen molar-refractivity contribution in [2.75, 3.05) is 0 Å². The molecule has 1 rings (SSSR count). The fraction of sp³-hybridized carbons (Fsp3) is 0.286. The minimum atomic E-state index is 0.472. The number of hydrogen-bond donors (Lipinski definition) is 0. The molecule has 0 saturated heterocycles. The fourth-order valence-electron chi connectivity index (χ4n) is 0.403. The third kappa shape index (κ3) is 3.95. The summed E-state index contributed by atoms with van der Waals surface area (Å²) in [6.07, 6.45) is 4.23. The van der Waals surface area contributed by atoms with Crippen LogP contribution in [0.25, 0.3) is 0 Å². The summed E-state index contributed by atoms with van der Waals surface area (Å²) >= 11 is 0. The molecular weight excluding hydrogens is 142 g/mol. The Labute approximate surface area is 65.0 Å². The number of hydrogen-bond acceptors (Lipinski definition) is 4. The molecule has 58 valence electrons. The highest BCUT2D eigenvalue weighted by Crippen LogP contribution is 2.03. The second-order valence-electron chi connectivity index (χ2n) is 1.30. The molecule has 1 heterocycles. The van der Waals surface area contributed by atoms with E-state index in [0.29, 0.717) is 5.69 Å². The van der Waals surface area contributed by atoms with E-state index in [1.54, 1.807) is 6.07 Å². The van der Waals surface area contributed by atoms with Crippen LogP contribution < -0.4 is 0 Å². The molecule has 4 nitrogen and oxygen atoms in total. The van der Waals surface area contributed by atoms with E-state index in [2.05, 4.69) is 15.2 Å². The molecule has 0 radical (unpaired) electrons. The first-order valence-electron chi connectivity index (χ1n) is 3.28. The zero-order valence-electron chi connectivity index (χ0n) is 6.48. The Kier molecular flexibility index (Phi) is 5.66. The zero-order valence-corrected chi connectivity index (χ0v) is 6.48. The second-order valence-corrected chi connectivity index (χ2v) is 1.30. The van der Waals surface area contributed by atoms with Crippen molar-refractivity contribution in [1.29, 1.82) is 0 Å². The molecule has 1 aromatic rings. The lowest BCUT2D eigenvalue weighted by atomic mass is 10.5. The lowest BCUT2D eigenvalue weighted by Crippen LogP contribution is -1.73. The van der Waals surface area contributed by atoms with Crippen LogP contribution in [-0.2, 0) is 4.79 Å². The van der Waals surface area contributed by atoms with Gasteiger partial charge < -0.3 is 0 Å². The van der Waals surface area contributed by atoms with Crippen LogP contribution in [0.4, 0.5) is 5.69 Å². The number of nitrogens with zero attached hydrogens (tertiary/aromatic N) is 3. The van der Waals surface area contributed by atoms with E-state index in [4.69, 9.17) is 0 Å². The van der Waals surface area contributed by atoms with E-state index in [0.717, 1.165) is 0 Å². The smallest absolute Gasteiger partial charge is 0.211 e. The Morgan fingerprint density at radius 3 is 2.64 bits per heavy atom. The highest BCUT2D eigenvalue weighted by Gasteiger charge is 1.82. The molecule has 0 aliphatic rings. The first kappa shape index (κ1) is 9.46. The van der Waals surface area contributed by atoms with Crippen molar-refractivity contribution in [2.24, 2.45) is 4.99 Å². The molecule has 0 amide bonds. The fourth-order valence-corrected chi connectivity index (χ4v) is 0.403.